The molecule has 2 heterocycles. The number of hydrogen-bond donors (Lipinski definition) is 0. The highest BCUT2D eigenvalue weighted by Gasteiger charge is 2.21. The van der Waals surface area contributed by atoms with Crippen molar-refractivity contribution >= 4 is 23.4 Å². The van der Waals surface area contributed by atoms with Gasteiger partial charge in [0.25, 0.3) is 0 Å². The Kier molecular flexibility index (Phi) is 3.05. The average molecular weight is 225 g/mol. The minimum Gasteiger partial charge on any atom is -0.437 e. The summed E-state index contributed by atoms with van der Waals surface area (Å²) in [5, 5.41) is 0. The summed E-state index contributed by atoms with van der Waals surface area (Å²) in [6, 6.07) is 4.13. The van der Waals surface area contributed by atoms with Gasteiger partial charge in [0, 0.05) is 37.1 Å². The molecule has 1 aliphatic rings. The fourth-order valence-electron chi connectivity index (χ4n) is 1.73. The van der Waals surface area contributed by atoms with Gasteiger partial charge in [0.1, 0.15) is 0 Å². The third kappa shape index (κ3) is 2.20. The second-order valence-electron chi connectivity index (χ2n) is 3.81. The van der Waals surface area contributed by atoms with Crippen molar-refractivity contribution in [2.75, 3.05) is 23.0 Å². The molecule has 0 aliphatic carbocycles. The van der Waals surface area contributed by atoms with Crippen molar-refractivity contribution in [1.82, 2.24) is 0 Å². The fraction of sp³-hybridized carbons (Fsp3) is 0.545. The summed E-state index contributed by atoms with van der Waals surface area (Å²) < 4.78 is 5.52. The molecular weight excluding hydrogens is 210 g/mol. The number of carbonyl (C=O) groups is 1. The van der Waals surface area contributed by atoms with E-state index in [9.17, 15) is 4.79 Å². The molecule has 0 amide bonds. The molecule has 15 heavy (non-hydrogen) atoms. The second kappa shape index (κ2) is 4.31. The van der Waals surface area contributed by atoms with Crippen LogP contribution >= 0.6 is 11.8 Å². The lowest BCUT2D eigenvalue weighted by Gasteiger charge is -2.32. The van der Waals surface area contributed by atoms with Crippen LogP contribution in [0.15, 0.2) is 16.5 Å². The van der Waals surface area contributed by atoms with E-state index >= 15 is 0 Å². The zero-order chi connectivity index (χ0) is 10.8. The Morgan fingerprint density at radius 2 is 2.40 bits per heavy atom. The Bertz CT molecular complexity index is 361. The van der Waals surface area contributed by atoms with Crippen molar-refractivity contribution in [3.63, 3.8) is 0 Å². The van der Waals surface area contributed by atoms with E-state index in [1.165, 1.54) is 6.92 Å². The Morgan fingerprint density at radius 1 is 1.60 bits per heavy atom. The number of Topliss-reactive ketones (excluding diaryl/α,β-unsaturated/α-hetero) is 1. The van der Waals surface area contributed by atoms with Crippen molar-refractivity contribution < 1.29 is 9.21 Å². The highest BCUT2D eigenvalue weighted by molar-refractivity contribution is 7.99. The van der Waals surface area contributed by atoms with Gasteiger partial charge in [-0.05, 0) is 13.0 Å². The predicted octanol–water partition coefficient (Wildman–Crippen LogP) is 2.42. The molecule has 0 aromatic carbocycles. The molecule has 1 aromatic rings. The summed E-state index contributed by atoms with van der Waals surface area (Å²) in [5.74, 6) is 3.51. The smallest absolute Gasteiger partial charge is 0.196 e. The molecule has 0 saturated carbocycles. The first-order valence-electron chi connectivity index (χ1n) is 5.13. The van der Waals surface area contributed by atoms with E-state index in [1.54, 1.807) is 6.07 Å². The first kappa shape index (κ1) is 10.6. The molecule has 0 bridgehead atoms. The molecule has 3 nitrogen and oxygen atoms in total. The summed E-state index contributed by atoms with van der Waals surface area (Å²) in [4.78, 5) is 13.3. The van der Waals surface area contributed by atoms with E-state index in [0.717, 1.165) is 23.9 Å². The Morgan fingerprint density at radius 3 is 3.00 bits per heavy atom. The predicted molar refractivity (Wildman–Crippen MR) is 62.8 cm³/mol. The zero-order valence-corrected chi connectivity index (χ0v) is 9.84. The zero-order valence-electron chi connectivity index (χ0n) is 9.03. The van der Waals surface area contributed by atoms with Gasteiger partial charge in [-0.1, -0.05) is 0 Å². The highest BCUT2D eigenvalue weighted by Crippen LogP contribution is 2.25. The Balaban J connectivity index is 2.17. The molecule has 1 aromatic heterocycles. The van der Waals surface area contributed by atoms with Crippen LogP contribution in [0, 0.1) is 0 Å². The molecule has 1 aliphatic heterocycles. The van der Waals surface area contributed by atoms with E-state index in [2.05, 4.69) is 11.8 Å². The molecule has 0 N–H and O–H groups in total. The van der Waals surface area contributed by atoms with Crippen molar-refractivity contribution in [1.29, 1.82) is 0 Å². The second-order valence-corrected chi connectivity index (χ2v) is 4.96. The normalized spacial score (nSPS) is 21.7. The minimum atomic E-state index is -0.0136. The number of hydrogen-bond acceptors (Lipinski definition) is 4. The lowest BCUT2D eigenvalue weighted by Crippen LogP contribution is -2.40. The van der Waals surface area contributed by atoms with Crippen LogP contribution in [0.25, 0.3) is 0 Å². The van der Waals surface area contributed by atoms with Crippen LogP contribution in [0.2, 0.25) is 0 Å². The fourth-order valence-corrected chi connectivity index (χ4v) is 2.74. The molecule has 82 valence electrons. The molecule has 2 rings (SSSR count). The number of nitrogens with zero attached hydrogens (tertiary/aromatic N) is 1. The van der Waals surface area contributed by atoms with E-state index < -0.39 is 0 Å². The van der Waals surface area contributed by atoms with Gasteiger partial charge in [-0.2, -0.15) is 11.8 Å². The summed E-state index contributed by atoms with van der Waals surface area (Å²) in [5.41, 5.74) is 0. The summed E-state index contributed by atoms with van der Waals surface area (Å²) in [6.45, 7) is 4.71. The van der Waals surface area contributed by atoms with Crippen LogP contribution in [0.1, 0.15) is 24.4 Å². The van der Waals surface area contributed by atoms with Gasteiger partial charge < -0.3 is 9.32 Å². The summed E-state index contributed by atoms with van der Waals surface area (Å²) in [7, 11) is 0. The van der Waals surface area contributed by atoms with Crippen LogP contribution in [0.3, 0.4) is 0 Å². The van der Waals surface area contributed by atoms with E-state index in [-0.39, 0.29) is 5.78 Å². The van der Waals surface area contributed by atoms with Gasteiger partial charge in [0.05, 0.1) is 0 Å². The molecule has 0 spiro atoms. The van der Waals surface area contributed by atoms with Crippen LogP contribution in [0.4, 0.5) is 5.88 Å². The van der Waals surface area contributed by atoms with Crippen molar-refractivity contribution in [3.8, 4) is 0 Å². The first-order valence-corrected chi connectivity index (χ1v) is 6.29. The van der Waals surface area contributed by atoms with Gasteiger partial charge in [-0.3, -0.25) is 4.79 Å². The van der Waals surface area contributed by atoms with Gasteiger partial charge in [-0.25, -0.2) is 0 Å². The minimum absolute atomic E-state index is 0.0136. The van der Waals surface area contributed by atoms with Crippen LogP contribution in [0.5, 0.6) is 0 Å². The van der Waals surface area contributed by atoms with E-state index in [0.29, 0.717) is 11.8 Å². The molecule has 4 heteroatoms. The number of ketones is 1. The molecule has 1 unspecified atom stereocenters. The largest absolute Gasteiger partial charge is 0.437 e. The molecule has 0 radical (unpaired) electrons. The van der Waals surface area contributed by atoms with Crippen LogP contribution < -0.4 is 4.90 Å². The molecule has 1 atom stereocenters. The number of anilines is 1. The van der Waals surface area contributed by atoms with Gasteiger partial charge >= 0.3 is 0 Å². The topological polar surface area (TPSA) is 33.5 Å². The van der Waals surface area contributed by atoms with Crippen molar-refractivity contribution in [3.05, 3.63) is 17.9 Å². The van der Waals surface area contributed by atoms with Crippen molar-refractivity contribution in [2.24, 2.45) is 0 Å². The number of rotatable bonds is 2. The number of thioether (sulfide) groups is 1. The number of furan rings is 1. The average Bonchev–Trinajstić information content (AvgIpc) is 2.67. The van der Waals surface area contributed by atoms with Gasteiger partial charge in [-0.15, -0.1) is 0 Å². The quantitative estimate of drug-likeness (QED) is 0.724. The monoisotopic (exact) mass is 225 g/mol. The number of carbonyl (C=O) groups excluding carboxylic acids is 1. The Labute approximate surface area is 93.8 Å². The third-order valence-corrected chi connectivity index (χ3v) is 3.78. The van der Waals surface area contributed by atoms with E-state index in [4.69, 9.17) is 4.42 Å². The van der Waals surface area contributed by atoms with Gasteiger partial charge in [0.15, 0.2) is 17.4 Å². The SMILES string of the molecule is CC(=O)c1ccc(N2CCSCC2C)o1. The lowest BCUT2D eigenvalue weighted by atomic mass is 10.3. The van der Waals surface area contributed by atoms with Crippen LogP contribution in [-0.2, 0) is 0 Å². The maximum Gasteiger partial charge on any atom is 0.196 e. The van der Waals surface area contributed by atoms with Crippen LogP contribution in [-0.4, -0.2) is 29.9 Å². The van der Waals surface area contributed by atoms with Gasteiger partial charge in [0.2, 0.25) is 0 Å². The lowest BCUT2D eigenvalue weighted by molar-refractivity contribution is 0.0987. The highest BCUT2D eigenvalue weighted by atomic mass is 32.2. The molecular formula is C11H15NO2S. The van der Waals surface area contributed by atoms with E-state index in [1.807, 2.05) is 17.8 Å². The van der Waals surface area contributed by atoms with Crippen molar-refractivity contribution in [2.45, 2.75) is 19.9 Å². The first-order chi connectivity index (χ1) is 7.18. The molecule has 1 saturated heterocycles. The summed E-state index contributed by atoms with van der Waals surface area (Å²) in [6.07, 6.45) is 0. The summed E-state index contributed by atoms with van der Waals surface area (Å²) >= 11 is 1.96. The standard InChI is InChI=1S/C11H15NO2S/c1-8-7-15-6-5-12(8)11-4-3-10(14-11)9(2)13/h3-4,8H,5-7H2,1-2H3. The Hall–Kier alpha value is -0.900. The third-order valence-electron chi connectivity index (χ3n) is 2.59. The maximum absolute atomic E-state index is 11.1. The molecule has 1 fully saturated rings. The maximum atomic E-state index is 11.1.